The number of nitrogens with one attached hydrogen (secondary N) is 2. The Balaban J connectivity index is 1.81. The van der Waals surface area contributed by atoms with Crippen LogP contribution in [0.1, 0.15) is 19.9 Å². The van der Waals surface area contributed by atoms with Crippen molar-refractivity contribution in [1.82, 2.24) is 9.55 Å². The predicted molar refractivity (Wildman–Crippen MR) is 132 cm³/mol. The Labute approximate surface area is 196 Å². The third-order valence-corrected chi connectivity index (χ3v) is 5.41. The van der Waals surface area contributed by atoms with E-state index in [4.69, 9.17) is 4.74 Å². The van der Waals surface area contributed by atoms with Gasteiger partial charge in [-0.2, -0.15) is 0 Å². The molecule has 2 amide bonds. The van der Waals surface area contributed by atoms with Gasteiger partial charge >= 0.3 is 0 Å². The SMILES string of the molecule is COc1ccc(NC(=O)[C@H](C)n2c(=O)c(-c3ccccc3NC(C)=O)nc3ccccc32)cc1. The van der Waals surface area contributed by atoms with Gasteiger partial charge in [0, 0.05) is 18.2 Å². The second-order valence-corrected chi connectivity index (χ2v) is 7.74. The van der Waals surface area contributed by atoms with Crippen molar-refractivity contribution in [3.05, 3.63) is 83.2 Å². The highest BCUT2D eigenvalue weighted by Gasteiger charge is 2.23. The molecule has 0 aliphatic rings. The lowest BCUT2D eigenvalue weighted by Crippen LogP contribution is -2.33. The van der Waals surface area contributed by atoms with Crippen molar-refractivity contribution in [3.8, 4) is 17.0 Å². The molecular formula is C26H24N4O4. The van der Waals surface area contributed by atoms with Gasteiger partial charge in [-0.15, -0.1) is 0 Å². The summed E-state index contributed by atoms with van der Waals surface area (Å²) >= 11 is 0. The lowest BCUT2D eigenvalue weighted by atomic mass is 10.1. The maximum atomic E-state index is 13.7. The van der Waals surface area contributed by atoms with Crippen LogP contribution in [0.15, 0.2) is 77.6 Å². The van der Waals surface area contributed by atoms with Gasteiger partial charge in [-0.05, 0) is 49.4 Å². The minimum Gasteiger partial charge on any atom is -0.497 e. The van der Waals surface area contributed by atoms with Gasteiger partial charge in [0.2, 0.25) is 11.8 Å². The molecule has 2 N–H and O–H groups in total. The molecule has 34 heavy (non-hydrogen) atoms. The molecular weight excluding hydrogens is 432 g/mol. The summed E-state index contributed by atoms with van der Waals surface area (Å²) in [6.45, 7) is 3.06. The molecule has 0 unspecified atom stereocenters. The fourth-order valence-corrected chi connectivity index (χ4v) is 3.74. The summed E-state index contributed by atoms with van der Waals surface area (Å²) in [7, 11) is 1.57. The number of methoxy groups -OCH3 is 1. The number of benzene rings is 3. The van der Waals surface area contributed by atoms with Crippen LogP contribution in [0.5, 0.6) is 5.75 Å². The first-order chi connectivity index (χ1) is 16.4. The van der Waals surface area contributed by atoms with Gasteiger partial charge in [-0.3, -0.25) is 19.0 Å². The van der Waals surface area contributed by atoms with Crippen LogP contribution in [0.2, 0.25) is 0 Å². The molecule has 0 bridgehead atoms. The molecule has 1 heterocycles. The molecule has 0 saturated heterocycles. The second-order valence-electron chi connectivity index (χ2n) is 7.74. The number of para-hydroxylation sites is 3. The highest BCUT2D eigenvalue weighted by molar-refractivity contribution is 5.96. The molecule has 1 aromatic heterocycles. The number of fused-ring (bicyclic) bond motifs is 1. The van der Waals surface area contributed by atoms with Crippen molar-refractivity contribution < 1.29 is 14.3 Å². The lowest BCUT2D eigenvalue weighted by Gasteiger charge is -2.19. The van der Waals surface area contributed by atoms with Crippen LogP contribution in [-0.4, -0.2) is 28.5 Å². The van der Waals surface area contributed by atoms with Crippen molar-refractivity contribution in [3.63, 3.8) is 0 Å². The van der Waals surface area contributed by atoms with Gasteiger partial charge in [0.15, 0.2) is 0 Å². The third kappa shape index (κ3) is 4.52. The standard InChI is InChI=1S/C26H24N4O4/c1-16(25(32)28-18-12-14-19(34-3)15-13-18)30-23-11-7-6-10-22(23)29-24(26(30)33)20-8-4-5-9-21(20)27-17(2)31/h4-16H,1-3H3,(H,27,31)(H,28,32)/t16-/m0/s1. The van der Waals surface area contributed by atoms with E-state index in [-0.39, 0.29) is 17.5 Å². The predicted octanol–water partition coefficient (Wildman–Crippen LogP) is 4.23. The summed E-state index contributed by atoms with van der Waals surface area (Å²) in [6.07, 6.45) is 0. The Morgan fingerprint density at radius 1 is 0.941 bits per heavy atom. The lowest BCUT2D eigenvalue weighted by molar-refractivity contribution is -0.118. The van der Waals surface area contributed by atoms with E-state index in [1.807, 2.05) is 6.07 Å². The minimum atomic E-state index is -0.839. The van der Waals surface area contributed by atoms with Gasteiger partial charge in [0.05, 0.1) is 23.8 Å². The van der Waals surface area contributed by atoms with Crippen LogP contribution < -0.4 is 20.9 Å². The zero-order chi connectivity index (χ0) is 24.2. The quantitative estimate of drug-likeness (QED) is 0.452. The van der Waals surface area contributed by atoms with E-state index in [0.29, 0.717) is 33.7 Å². The summed E-state index contributed by atoms with van der Waals surface area (Å²) < 4.78 is 6.58. The van der Waals surface area contributed by atoms with Gasteiger partial charge < -0.3 is 15.4 Å². The Morgan fingerprint density at radius 3 is 2.32 bits per heavy atom. The highest BCUT2D eigenvalue weighted by atomic mass is 16.5. The Hall–Kier alpha value is -4.46. The molecule has 8 nitrogen and oxygen atoms in total. The maximum absolute atomic E-state index is 13.7. The Kier molecular flexibility index (Phi) is 6.40. The van der Waals surface area contributed by atoms with E-state index in [0.717, 1.165) is 0 Å². The minimum absolute atomic E-state index is 0.146. The normalized spacial score (nSPS) is 11.6. The van der Waals surface area contributed by atoms with Crippen molar-refractivity contribution in [1.29, 1.82) is 0 Å². The highest BCUT2D eigenvalue weighted by Crippen LogP contribution is 2.27. The molecule has 0 saturated carbocycles. The summed E-state index contributed by atoms with van der Waals surface area (Å²) in [5.41, 5.74) is 2.33. The van der Waals surface area contributed by atoms with Crippen molar-refractivity contribution in [2.75, 3.05) is 17.7 Å². The van der Waals surface area contributed by atoms with Gasteiger partial charge in [-0.1, -0.05) is 30.3 Å². The number of hydrogen-bond donors (Lipinski definition) is 2. The smallest absolute Gasteiger partial charge is 0.278 e. The summed E-state index contributed by atoms with van der Waals surface area (Å²) in [6, 6.07) is 20.2. The van der Waals surface area contributed by atoms with E-state index in [2.05, 4.69) is 15.6 Å². The molecule has 1 atom stereocenters. The molecule has 8 heteroatoms. The number of aromatic nitrogens is 2. The number of rotatable bonds is 6. The zero-order valence-corrected chi connectivity index (χ0v) is 19.0. The summed E-state index contributed by atoms with van der Waals surface area (Å²) in [5, 5.41) is 5.59. The van der Waals surface area contributed by atoms with Crippen molar-refractivity contribution in [2.45, 2.75) is 19.9 Å². The number of amides is 2. The van der Waals surface area contributed by atoms with E-state index in [1.54, 1.807) is 80.8 Å². The van der Waals surface area contributed by atoms with Crippen LogP contribution >= 0.6 is 0 Å². The van der Waals surface area contributed by atoms with Crippen LogP contribution in [0.3, 0.4) is 0 Å². The number of nitrogens with zero attached hydrogens (tertiary/aromatic N) is 2. The van der Waals surface area contributed by atoms with Gasteiger partial charge in [0.1, 0.15) is 17.5 Å². The van der Waals surface area contributed by atoms with E-state index >= 15 is 0 Å². The fourth-order valence-electron chi connectivity index (χ4n) is 3.74. The molecule has 0 aliphatic heterocycles. The average molecular weight is 457 g/mol. The average Bonchev–Trinajstić information content (AvgIpc) is 2.84. The first-order valence-electron chi connectivity index (χ1n) is 10.7. The molecule has 0 radical (unpaired) electrons. The first kappa shape index (κ1) is 22.7. The zero-order valence-electron chi connectivity index (χ0n) is 19.0. The van der Waals surface area contributed by atoms with E-state index < -0.39 is 11.6 Å². The molecule has 0 aliphatic carbocycles. The molecule has 3 aromatic carbocycles. The fraction of sp³-hybridized carbons (Fsp3) is 0.154. The number of hydrogen-bond acceptors (Lipinski definition) is 5. The topological polar surface area (TPSA) is 102 Å². The Bertz CT molecular complexity index is 1430. The summed E-state index contributed by atoms with van der Waals surface area (Å²) in [5.74, 6) is 0.0513. The largest absolute Gasteiger partial charge is 0.497 e. The first-order valence-corrected chi connectivity index (χ1v) is 10.7. The third-order valence-electron chi connectivity index (χ3n) is 5.41. The number of carbonyl (C=O) groups is 2. The van der Waals surface area contributed by atoms with E-state index in [1.165, 1.54) is 11.5 Å². The van der Waals surface area contributed by atoms with E-state index in [9.17, 15) is 14.4 Å². The number of carbonyl (C=O) groups excluding carboxylic acids is 2. The number of ether oxygens (including phenoxy) is 1. The maximum Gasteiger partial charge on any atom is 0.278 e. The molecule has 0 spiro atoms. The molecule has 0 fully saturated rings. The molecule has 4 aromatic rings. The second kappa shape index (κ2) is 9.58. The molecule has 172 valence electrons. The van der Waals surface area contributed by atoms with Gasteiger partial charge in [0.25, 0.3) is 5.56 Å². The van der Waals surface area contributed by atoms with Crippen LogP contribution in [0.4, 0.5) is 11.4 Å². The van der Waals surface area contributed by atoms with Crippen LogP contribution in [0.25, 0.3) is 22.3 Å². The van der Waals surface area contributed by atoms with Crippen molar-refractivity contribution in [2.24, 2.45) is 0 Å². The van der Waals surface area contributed by atoms with Crippen molar-refractivity contribution >= 4 is 34.2 Å². The molecule has 4 rings (SSSR count). The van der Waals surface area contributed by atoms with Gasteiger partial charge in [-0.25, -0.2) is 4.98 Å². The van der Waals surface area contributed by atoms with Crippen LogP contribution in [-0.2, 0) is 9.59 Å². The monoisotopic (exact) mass is 456 g/mol. The summed E-state index contributed by atoms with van der Waals surface area (Å²) in [4.78, 5) is 43.1. The van der Waals surface area contributed by atoms with Crippen LogP contribution in [0, 0.1) is 0 Å². The Morgan fingerprint density at radius 2 is 1.62 bits per heavy atom. The number of anilines is 2.